The highest BCUT2D eigenvalue weighted by Gasteiger charge is 2.24. The quantitative estimate of drug-likeness (QED) is 0.530. The number of carboxylic acids is 2. The molecule has 90 valence electrons. The third kappa shape index (κ3) is 7.90. The maximum absolute atomic E-state index is 10.1. The van der Waals surface area contributed by atoms with E-state index < -0.39 is 23.0 Å². The normalized spacial score (nSPS) is 14.5. The van der Waals surface area contributed by atoms with Crippen LogP contribution in [0.25, 0.3) is 0 Å². The summed E-state index contributed by atoms with van der Waals surface area (Å²) in [5.74, 6) is -1.92. The van der Waals surface area contributed by atoms with Gasteiger partial charge in [-0.05, 0) is 27.2 Å². The Labute approximate surface area is 89.3 Å². The van der Waals surface area contributed by atoms with Crippen molar-refractivity contribution in [1.82, 2.24) is 0 Å². The summed E-state index contributed by atoms with van der Waals surface area (Å²) < 4.78 is 0. The van der Waals surface area contributed by atoms with Crippen molar-refractivity contribution in [3.8, 4) is 0 Å². The van der Waals surface area contributed by atoms with Crippen LogP contribution in [0.3, 0.4) is 0 Å². The van der Waals surface area contributed by atoms with Crippen LogP contribution in [-0.2, 0) is 9.59 Å². The van der Waals surface area contributed by atoms with Crippen molar-refractivity contribution in [3.05, 3.63) is 0 Å². The lowest BCUT2D eigenvalue weighted by Gasteiger charge is -2.14. The fraction of sp³-hybridized carbons (Fsp3) is 0.778. The highest BCUT2D eigenvalue weighted by atomic mass is 16.4. The molecule has 0 fully saturated rings. The Morgan fingerprint density at radius 3 is 1.33 bits per heavy atom. The molecule has 6 heteroatoms. The van der Waals surface area contributed by atoms with Gasteiger partial charge in [-0.1, -0.05) is 6.92 Å². The molecule has 0 aromatic carbocycles. The van der Waals surface area contributed by atoms with Crippen molar-refractivity contribution < 1.29 is 19.8 Å². The number of hydrogen-bond acceptors (Lipinski definition) is 4. The second-order valence-corrected chi connectivity index (χ2v) is 4.10. The Morgan fingerprint density at radius 2 is 1.33 bits per heavy atom. The minimum atomic E-state index is -1.08. The molecule has 0 rings (SSSR count). The molecule has 0 aliphatic heterocycles. The molecule has 0 aliphatic carbocycles. The second kappa shape index (κ2) is 5.67. The average molecular weight is 220 g/mol. The van der Waals surface area contributed by atoms with E-state index in [1.807, 2.05) is 0 Å². The van der Waals surface area contributed by atoms with Crippen LogP contribution in [0.5, 0.6) is 0 Å². The van der Waals surface area contributed by atoms with E-state index in [4.69, 9.17) is 21.7 Å². The molecule has 0 aliphatic rings. The van der Waals surface area contributed by atoms with E-state index in [-0.39, 0.29) is 0 Å². The Morgan fingerprint density at radius 1 is 1.07 bits per heavy atom. The Kier molecular flexibility index (Phi) is 6.16. The Balaban J connectivity index is 0. The zero-order chi connectivity index (χ0) is 12.9. The van der Waals surface area contributed by atoms with E-state index >= 15 is 0 Å². The van der Waals surface area contributed by atoms with Gasteiger partial charge in [0.2, 0.25) is 0 Å². The first-order chi connectivity index (χ1) is 6.45. The van der Waals surface area contributed by atoms with Gasteiger partial charge in [0.1, 0.15) is 11.1 Å². The number of rotatable bonds is 3. The van der Waals surface area contributed by atoms with Crippen molar-refractivity contribution in [2.24, 2.45) is 11.5 Å². The highest BCUT2D eigenvalue weighted by molar-refractivity contribution is 5.77. The number of aliphatic carboxylic acids is 2. The summed E-state index contributed by atoms with van der Waals surface area (Å²) in [6.07, 6.45) is 0.461. The van der Waals surface area contributed by atoms with E-state index in [1.54, 1.807) is 6.92 Å². The molecule has 0 aromatic rings. The lowest BCUT2D eigenvalue weighted by molar-refractivity contribution is -0.143. The molecule has 0 aromatic heterocycles. The minimum absolute atomic E-state index is 0.461. The van der Waals surface area contributed by atoms with Gasteiger partial charge in [-0.2, -0.15) is 0 Å². The summed E-state index contributed by atoms with van der Waals surface area (Å²) >= 11 is 0. The Hall–Kier alpha value is -1.14. The monoisotopic (exact) mass is 220 g/mol. The molecule has 0 heterocycles. The van der Waals surface area contributed by atoms with Gasteiger partial charge in [0, 0.05) is 0 Å². The molecule has 6 nitrogen and oxygen atoms in total. The van der Waals surface area contributed by atoms with Gasteiger partial charge in [0.25, 0.3) is 0 Å². The van der Waals surface area contributed by atoms with Crippen LogP contribution < -0.4 is 11.5 Å². The van der Waals surface area contributed by atoms with Crippen LogP contribution in [0, 0.1) is 0 Å². The van der Waals surface area contributed by atoms with Crippen molar-refractivity contribution in [2.75, 3.05) is 0 Å². The zero-order valence-electron chi connectivity index (χ0n) is 9.57. The van der Waals surface area contributed by atoms with Gasteiger partial charge in [-0.25, -0.2) is 0 Å². The smallest absolute Gasteiger partial charge is 0.323 e. The van der Waals surface area contributed by atoms with E-state index in [9.17, 15) is 9.59 Å². The number of carboxylic acid groups (broad SMARTS) is 2. The van der Waals surface area contributed by atoms with Gasteiger partial charge in [-0.3, -0.25) is 9.59 Å². The summed E-state index contributed by atoms with van der Waals surface area (Å²) in [4.78, 5) is 20.0. The standard InChI is InChI=1S/C5H11NO2.C4H9NO2/c1-3-5(2,6)4(7)8;1-4(2,5)3(6)7/h3,6H2,1-2H3,(H,7,8);5H2,1-2H3,(H,6,7)/t5-;/m1./s1. The lowest BCUT2D eigenvalue weighted by Crippen LogP contribution is -2.43. The molecular weight excluding hydrogens is 200 g/mol. The molecule has 0 bridgehead atoms. The largest absolute Gasteiger partial charge is 0.480 e. The molecule has 0 unspecified atom stereocenters. The van der Waals surface area contributed by atoms with E-state index in [2.05, 4.69) is 0 Å². The van der Waals surface area contributed by atoms with E-state index in [0.29, 0.717) is 6.42 Å². The van der Waals surface area contributed by atoms with Crippen LogP contribution in [0.2, 0.25) is 0 Å². The average Bonchev–Trinajstić information content (AvgIpc) is 2.03. The first-order valence-corrected chi connectivity index (χ1v) is 4.49. The van der Waals surface area contributed by atoms with Crippen molar-refractivity contribution in [3.63, 3.8) is 0 Å². The van der Waals surface area contributed by atoms with Crippen molar-refractivity contribution in [2.45, 2.75) is 45.2 Å². The third-order valence-electron chi connectivity index (χ3n) is 1.77. The lowest BCUT2D eigenvalue weighted by atomic mass is 10.0. The van der Waals surface area contributed by atoms with Crippen LogP contribution in [-0.4, -0.2) is 33.2 Å². The molecule has 15 heavy (non-hydrogen) atoms. The fourth-order valence-corrected chi connectivity index (χ4v) is 0.151. The highest BCUT2D eigenvalue weighted by Crippen LogP contribution is 2.02. The van der Waals surface area contributed by atoms with Crippen molar-refractivity contribution >= 4 is 11.9 Å². The summed E-state index contributed by atoms with van der Waals surface area (Å²) in [5.41, 5.74) is 8.21. The molecule has 0 saturated heterocycles. The summed E-state index contributed by atoms with van der Waals surface area (Å²) in [6, 6.07) is 0. The predicted octanol–water partition coefficient (Wildman–Crippen LogP) is 0.00670. The first-order valence-electron chi connectivity index (χ1n) is 4.49. The number of hydrogen-bond donors (Lipinski definition) is 4. The van der Waals surface area contributed by atoms with Gasteiger partial charge in [0.15, 0.2) is 0 Å². The SMILES string of the molecule is CC(C)(N)C(=O)O.CC[C@@](C)(N)C(=O)O. The first kappa shape index (κ1) is 16.3. The minimum Gasteiger partial charge on any atom is -0.480 e. The molecular formula is C9H20N2O4. The number of nitrogens with two attached hydrogens (primary N) is 2. The van der Waals surface area contributed by atoms with Crippen LogP contribution >= 0.6 is 0 Å². The fourth-order valence-electron chi connectivity index (χ4n) is 0.151. The summed E-state index contributed by atoms with van der Waals surface area (Å²) in [6.45, 7) is 6.12. The van der Waals surface area contributed by atoms with Crippen molar-refractivity contribution in [1.29, 1.82) is 0 Å². The van der Waals surface area contributed by atoms with E-state index in [1.165, 1.54) is 20.8 Å². The zero-order valence-corrected chi connectivity index (χ0v) is 9.57. The summed E-state index contributed by atoms with van der Waals surface area (Å²) in [5, 5.41) is 16.4. The third-order valence-corrected chi connectivity index (χ3v) is 1.77. The summed E-state index contributed by atoms with van der Waals surface area (Å²) in [7, 11) is 0. The second-order valence-electron chi connectivity index (χ2n) is 4.10. The van der Waals surface area contributed by atoms with Crippen LogP contribution in [0.4, 0.5) is 0 Å². The maximum Gasteiger partial charge on any atom is 0.323 e. The molecule has 0 spiro atoms. The Bertz CT molecular complexity index is 231. The predicted molar refractivity (Wildman–Crippen MR) is 56.4 cm³/mol. The van der Waals surface area contributed by atoms with Crippen LogP contribution in [0.1, 0.15) is 34.1 Å². The number of carbonyl (C=O) groups is 2. The molecule has 1 atom stereocenters. The maximum atomic E-state index is 10.1. The van der Waals surface area contributed by atoms with Crippen LogP contribution in [0.15, 0.2) is 0 Å². The van der Waals surface area contributed by atoms with Gasteiger partial charge in [0.05, 0.1) is 0 Å². The molecule has 0 radical (unpaired) electrons. The molecule has 0 saturated carbocycles. The molecule has 6 N–H and O–H groups in total. The van der Waals surface area contributed by atoms with Gasteiger partial charge < -0.3 is 21.7 Å². The van der Waals surface area contributed by atoms with E-state index in [0.717, 1.165) is 0 Å². The molecule has 0 amide bonds. The van der Waals surface area contributed by atoms with Gasteiger partial charge in [-0.15, -0.1) is 0 Å². The topological polar surface area (TPSA) is 127 Å². The van der Waals surface area contributed by atoms with Gasteiger partial charge >= 0.3 is 11.9 Å².